The third-order valence-corrected chi connectivity index (χ3v) is 2.33. The molecule has 0 radical (unpaired) electrons. The summed E-state index contributed by atoms with van der Waals surface area (Å²) in [6.07, 6.45) is 4.94. The van der Waals surface area contributed by atoms with Crippen LogP contribution in [0, 0.1) is 0 Å². The van der Waals surface area contributed by atoms with Crippen LogP contribution in [0.15, 0.2) is 17.7 Å². The van der Waals surface area contributed by atoms with Crippen LogP contribution in [-0.4, -0.2) is 26.2 Å². The van der Waals surface area contributed by atoms with Crippen molar-refractivity contribution in [3.05, 3.63) is 17.7 Å². The van der Waals surface area contributed by atoms with Crippen LogP contribution in [-0.2, 0) is 0 Å². The summed E-state index contributed by atoms with van der Waals surface area (Å²) < 4.78 is 0. The molecule has 6 heteroatoms. The van der Waals surface area contributed by atoms with Crippen molar-refractivity contribution in [2.45, 2.75) is 5.16 Å². The normalized spacial score (nSPS) is 10.6. The number of nitrogens with zero attached hydrogens (tertiary/aromatic N) is 4. The van der Waals surface area contributed by atoms with Gasteiger partial charge in [0.1, 0.15) is 17.4 Å². The molecule has 66 valence electrons. The van der Waals surface area contributed by atoms with E-state index in [2.05, 4.69) is 19.9 Å². The summed E-state index contributed by atoms with van der Waals surface area (Å²) in [5, 5.41) is 1.03. The van der Waals surface area contributed by atoms with Gasteiger partial charge >= 0.3 is 0 Å². The molecule has 2 aromatic heterocycles. The molecule has 0 N–H and O–H groups in total. The predicted molar refractivity (Wildman–Crippen MR) is 51.9 cm³/mol. The van der Waals surface area contributed by atoms with Crippen LogP contribution in [0.5, 0.6) is 0 Å². The van der Waals surface area contributed by atoms with Crippen molar-refractivity contribution in [1.29, 1.82) is 0 Å². The number of aromatic nitrogens is 4. The first-order chi connectivity index (χ1) is 6.31. The molecule has 0 saturated carbocycles. The van der Waals surface area contributed by atoms with E-state index >= 15 is 0 Å². The minimum atomic E-state index is 0.364. The van der Waals surface area contributed by atoms with Crippen LogP contribution in [0.1, 0.15) is 0 Å². The van der Waals surface area contributed by atoms with Crippen molar-refractivity contribution in [2.24, 2.45) is 0 Å². The third-order valence-electron chi connectivity index (χ3n) is 1.49. The first kappa shape index (κ1) is 8.65. The Kier molecular flexibility index (Phi) is 2.28. The van der Waals surface area contributed by atoms with Gasteiger partial charge in [0.2, 0.25) is 0 Å². The third kappa shape index (κ3) is 1.57. The van der Waals surface area contributed by atoms with E-state index in [0.29, 0.717) is 21.3 Å². The second kappa shape index (κ2) is 3.43. The molecule has 0 amide bonds. The lowest BCUT2D eigenvalue weighted by Gasteiger charge is -1.98. The fraction of sp³-hybridized carbons (Fsp3) is 0.143. The minimum absolute atomic E-state index is 0.364. The van der Waals surface area contributed by atoms with Crippen LogP contribution < -0.4 is 0 Å². The van der Waals surface area contributed by atoms with Gasteiger partial charge in [0.15, 0.2) is 10.3 Å². The molecule has 0 unspecified atom stereocenters. The number of thioether (sulfide) groups is 1. The van der Waals surface area contributed by atoms with E-state index in [1.165, 1.54) is 18.1 Å². The number of halogens is 1. The average Bonchev–Trinajstić information content (AvgIpc) is 2.18. The summed E-state index contributed by atoms with van der Waals surface area (Å²) in [5.41, 5.74) is 1.27. The molecule has 0 aromatic carbocycles. The molecule has 2 rings (SSSR count). The van der Waals surface area contributed by atoms with Gasteiger partial charge in [0.05, 0.1) is 6.20 Å². The molecule has 2 aromatic rings. The van der Waals surface area contributed by atoms with Gasteiger partial charge < -0.3 is 0 Å². The van der Waals surface area contributed by atoms with Crippen molar-refractivity contribution in [3.63, 3.8) is 0 Å². The zero-order valence-electron chi connectivity index (χ0n) is 6.73. The van der Waals surface area contributed by atoms with Crippen LogP contribution in [0.25, 0.3) is 11.0 Å². The van der Waals surface area contributed by atoms with E-state index in [4.69, 9.17) is 11.6 Å². The van der Waals surface area contributed by atoms with Gasteiger partial charge in [-0.05, 0) is 6.26 Å². The first-order valence-electron chi connectivity index (χ1n) is 3.48. The Hall–Kier alpha value is -0.940. The van der Waals surface area contributed by atoms with Gasteiger partial charge in [-0.15, -0.1) is 0 Å². The van der Waals surface area contributed by atoms with Crippen molar-refractivity contribution in [3.8, 4) is 0 Å². The highest BCUT2D eigenvalue weighted by Gasteiger charge is 2.03. The van der Waals surface area contributed by atoms with Gasteiger partial charge in [-0.3, -0.25) is 0 Å². The Labute approximate surface area is 83.8 Å². The standard InChI is InChI=1S/C7H5ClN4S/c1-13-7-9-2-4-5(12-7)6(8)11-3-10-4/h2-3H,1H3. The molecule has 0 atom stereocenters. The fourth-order valence-electron chi connectivity index (χ4n) is 0.907. The van der Waals surface area contributed by atoms with Crippen LogP contribution in [0.3, 0.4) is 0 Å². The molecule has 0 saturated heterocycles. The maximum atomic E-state index is 5.84. The summed E-state index contributed by atoms with van der Waals surface area (Å²) in [5.74, 6) is 0. The molecular formula is C7H5ClN4S. The summed E-state index contributed by atoms with van der Waals surface area (Å²) in [4.78, 5) is 16.1. The number of hydrogen-bond acceptors (Lipinski definition) is 5. The lowest BCUT2D eigenvalue weighted by atomic mass is 10.4. The maximum Gasteiger partial charge on any atom is 0.188 e. The van der Waals surface area contributed by atoms with Crippen molar-refractivity contribution in [1.82, 2.24) is 19.9 Å². The van der Waals surface area contributed by atoms with Gasteiger partial charge in [-0.2, -0.15) is 0 Å². The van der Waals surface area contributed by atoms with Gasteiger partial charge in [0.25, 0.3) is 0 Å². The quantitative estimate of drug-likeness (QED) is 0.410. The first-order valence-corrected chi connectivity index (χ1v) is 5.09. The van der Waals surface area contributed by atoms with Gasteiger partial charge in [0, 0.05) is 0 Å². The summed E-state index contributed by atoms with van der Waals surface area (Å²) in [6.45, 7) is 0. The zero-order chi connectivity index (χ0) is 9.26. The molecule has 0 aliphatic heterocycles. The second-order valence-electron chi connectivity index (χ2n) is 2.26. The molecule has 2 heterocycles. The van der Waals surface area contributed by atoms with Gasteiger partial charge in [-0.25, -0.2) is 19.9 Å². The Morgan fingerprint density at radius 3 is 2.92 bits per heavy atom. The van der Waals surface area contributed by atoms with Crippen molar-refractivity contribution < 1.29 is 0 Å². The molecule has 0 bridgehead atoms. The Balaban J connectivity index is 2.74. The van der Waals surface area contributed by atoms with Crippen molar-refractivity contribution in [2.75, 3.05) is 6.26 Å². The van der Waals surface area contributed by atoms with Crippen LogP contribution in [0.4, 0.5) is 0 Å². The highest BCUT2D eigenvalue weighted by atomic mass is 35.5. The van der Waals surface area contributed by atoms with E-state index in [0.717, 1.165) is 0 Å². The SMILES string of the molecule is CSc1ncc2ncnc(Cl)c2n1. The largest absolute Gasteiger partial charge is 0.233 e. The highest BCUT2D eigenvalue weighted by Crippen LogP contribution is 2.18. The van der Waals surface area contributed by atoms with Crippen LogP contribution in [0.2, 0.25) is 5.15 Å². The number of rotatable bonds is 1. The molecule has 0 aliphatic rings. The summed E-state index contributed by atoms with van der Waals surface area (Å²) >= 11 is 7.29. The smallest absolute Gasteiger partial charge is 0.188 e. The molecule has 13 heavy (non-hydrogen) atoms. The Bertz CT molecular complexity index is 447. The molecular weight excluding hydrogens is 208 g/mol. The lowest BCUT2D eigenvalue weighted by Crippen LogP contribution is -1.91. The number of fused-ring (bicyclic) bond motifs is 1. The molecule has 4 nitrogen and oxygen atoms in total. The Morgan fingerprint density at radius 1 is 1.31 bits per heavy atom. The monoisotopic (exact) mass is 212 g/mol. The van der Waals surface area contributed by atoms with E-state index in [9.17, 15) is 0 Å². The summed E-state index contributed by atoms with van der Waals surface area (Å²) in [6, 6.07) is 0. The summed E-state index contributed by atoms with van der Waals surface area (Å²) in [7, 11) is 0. The second-order valence-corrected chi connectivity index (χ2v) is 3.39. The van der Waals surface area contributed by atoms with Crippen LogP contribution >= 0.6 is 23.4 Å². The van der Waals surface area contributed by atoms with E-state index in [-0.39, 0.29) is 0 Å². The fourth-order valence-corrected chi connectivity index (χ4v) is 1.43. The van der Waals surface area contributed by atoms with E-state index in [1.807, 2.05) is 6.26 Å². The van der Waals surface area contributed by atoms with E-state index < -0.39 is 0 Å². The minimum Gasteiger partial charge on any atom is -0.233 e. The Morgan fingerprint density at radius 2 is 2.15 bits per heavy atom. The lowest BCUT2D eigenvalue weighted by molar-refractivity contribution is 0.992. The molecule has 0 fully saturated rings. The van der Waals surface area contributed by atoms with Crippen molar-refractivity contribution >= 4 is 34.4 Å². The van der Waals surface area contributed by atoms with E-state index in [1.54, 1.807) is 6.20 Å². The average molecular weight is 213 g/mol. The maximum absolute atomic E-state index is 5.84. The number of hydrogen-bond donors (Lipinski definition) is 0. The predicted octanol–water partition coefficient (Wildman–Crippen LogP) is 1.80. The molecule has 0 aliphatic carbocycles. The zero-order valence-corrected chi connectivity index (χ0v) is 8.30. The highest BCUT2D eigenvalue weighted by molar-refractivity contribution is 7.98. The molecule has 0 spiro atoms. The van der Waals surface area contributed by atoms with Gasteiger partial charge in [-0.1, -0.05) is 23.4 Å². The topological polar surface area (TPSA) is 51.6 Å².